The number of rotatable bonds is 5. The second kappa shape index (κ2) is 8.46. The number of amides is 1. The third-order valence-electron chi connectivity index (χ3n) is 5.07. The van der Waals surface area contributed by atoms with Crippen LogP contribution in [0.15, 0.2) is 24.3 Å². The van der Waals surface area contributed by atoms with Gasteiger partial charge in [0, 0.05) is 31.7 Å². The van der Waals surface area contributed by atoms with E-state index in [0.29, 0.717) is 12.5 Å². The minimum Gasteiger partial charge on any atom is -0.379 e. The number of hydrogen-bond acceptors (Lipinski definition) is 3. The number of morpholine rings is 1. The zero-order valence-electron chi connectivity index (χ0n) is 13.9. The van der Waals surface area contributed by atoms with Gasteiger partial charge in [0.1, 0.15) is 0 Å². The van der Waals surface area contributed by atoms with E-state index in [1.165, 1.54) is 37.7 Å². The van der Waals surface area contributed by atoms with Crippen molar-refractivity contribution in [1.82, 2.24) is 10.2 Å². The van der Waals surface area contributed by atoms with Gasteiger partial charge in [-0.25, -0.2) is 0 Å². The highest BCUT2D eigenvalue weighted by atomic mass is 16.5. The van der Waals surface area contributed by atoms with E-state index < -0.39 is 0 Å². The van der Waals surface area contributed by atoms with E-state index in [4.69, 9.17) is 4.74 Å². The van der Waals surface area contributed by atoms with Crippen molar-refractivity contribution in [2.75, 3.05) is 39.4 Å². The molecule has 1 heterocycles. The number of nitrogens with one attached hydrogen (secondary N) is 1. The Morgan fingerprint density at radius 3 is 2.48 bits per heavy atom. The summed E-state index contributed by atoms with van der Waals surface area (Å²) in [7, 11) is 0. The maximum Gasteiger partial charge on any atom is 0.251 e. The van der Waals surface area contributed by atoms with Gasteiger partial charge < -0.3 is 10.1 Å². The van der Waals surface area contributed by atoms with Gasteiger partial charge in [0.05, 0.1) is 13.2 Å². The average Bonchev–Trinajstić information content (AvgIpc) is 2.63. The summed E-state index contributed by atoms with van der Waals surface area (Å²) >= 11 is 0. The van der Waals surface area contributed by atoms with E-state index in [-0.39, 0.29) is 5.91 Å². The Balaban J connectivity index is 1.45. The van der Waals surface area contributed by atoms with E-state index in [2.05, 4.69) is 22.3 Å². The second-order valence-corrected chi connectivity index (χ2v) is 6.67. The molecule has 3 rings (SSSR count). The summed E-state index contributed by atoms with van der Waals surface area (Å²) < 4.78 is 5.33. The predicted octanol–water partition coefficient (Wildman–Crippen LogP) is 2.80. The van der Waals surface area contributed by atoms with Gasteiger partial charge in [0.25, 0.3) is 5.91 Å². The minimum absolute atomic E-state index is 0.0356. The van der Waals surface area contributed by atoms with Crippen molar-refractivity contribution in [2.45, 2.75) is 38.0 Å². The number of carbonyl (C=O) groups is 1. The first-order valence-electron chi connectivity index (χ1n) is 9.01. The first-order chi connectivity index (χ1) is 11.3. The molecule has 0 unspecified atom stereocenters. The summed E-state index contributed by atoms with van der Waals surface area (Å²) in [6.45, 7) is 5.13. The molecule has 23 heavy (non-hydrogen) atoms. The van der Waals surface area contributed by atoms with Gasteiger partial charge in [-0.2, -0.15) is 0 Å². The van der Waals surface area contributed by atoms with Gasteiger partial charge in [-0.05, 0) is 36.5 Å². The normalized spacial score (nSPS) is 20.3. The molecule has 1 aliphatic heterocycles. The molecule has 1 aliphatic carbocycles. The average molecular weight is 316 g/mol. The maximum absolute atomic E-state index is 12.2. The zero-order chi connectivity index (χ0) is 15.9. The van der Waals surface area contributed by atoms with Gasteiger partial charge in [-0.15, -0.1) is 0 Å². The topological polar surface area (TPSA) is 41.6 Å². The molecule has 0 radical (unpaired) electrons. The molecule has 4 nitrogen and oxygen atoms in total. The predicted molar refractivity (Wildman–Crippen MR) is 91.9 cm³/mol. The summed E-state index contributed by atoms with van der Waals surface area (Å²) in [5.74, 6) is 0.732. The Hall–Kier alpha value is -1.39. The van der Waals surface area contributed by atoms with Gasteiger partial charge in [0.2, 0.25) is 0 Å². The van der Waals surface area contributed by atoms with Crippen molar-refractivity contribution in [3.63, 3.8) is 0 Å². The smallest absolute Gasteiger partial charge is 0.251 e. The van der Waals surface area contributed by atoms with Gasteiger partial charge in [0.15, 0.2) is 0 Å². The minimum atomic E-state index is 0.0356. The van der Waals surface area contributed by atoms with E-state index in [9.17, 15) is 4.79 Å². The molecule has 0 bridgehead atoms. The maximum atomic E-state index is 12.2. The lowest BCUT2D eigenvalue weighted by atomic mass is 9.84. The van der Waals surface area contributed by atoms with Crippen LogP contribution in [0.1, 0.15) is 53.9 Å². The standard InChI is InChI=1S/C19H28N2O2/c22-19(20-10-11-21-12-14-23-15-13-21)18-8-6-17(7-9-18)16-4-2-1-3-5-16/h6-9,16H,1-5,10-15H2,(H,20,22). The molecule has 0 spiro atoms. The summed E-state index contributed by atoms with van der Waals surface area (Å²) in [4.78, 5) is 14.5. The Morgan fingerprint density at radius 2 is 1.78 bits per heavy atom. The summed E-state index contributed by atoms with van der Waals surface area (Å²) in [6.07, 6.45) is 6.65. The molecular weight excluding hydrogens is 288 g/mol. The van der Waals surface area contributed by atoms with Crippen LogP contribution in [0.4, 0.5) is 0 Å². The molecule has 1 amide bonds. The third-order valence-corrected chi connectivity index (χ3v) is 5.07. The highest BCUT2D eigenvalue weighted by Crippen LogP contribution is 2.32. The fraction of sp³-hybridized carbons (Fsp3) is 0.632. The first kappa shape index (κ1) is 16.5. The van der Waals surface area contributed by atoms with E-state index in [1.807, 2.05) is 12.1 Å². The summed E-state index contributed by atoms with van der Waals surface area (Å²) in [5.41, 5.74) is 2.17. The van der Waals surface area contributed by atoms with E-state index in [1.54, 1.807) is 0 Å². The Bertz CT molecular complexity index is 489. The highest BCUT2D eigenvalue weighted by Gasteiger charge is 2.16. The fourth-order valence-corrected chi connectivity index (χ4v) is 3.60. The molecule has 0 atom stereocenters. The monoisotopic (exact) mass is 316 g/mol. The highest BCUT2D eigenvalue weighted by molar-refractivity contribution is 5.94. The molecule has 1 saturated carbocycles. The SMILES string of the molecule is O=C(NCCN1CCOCC1)c1ccc(C2CCCCC2)cc1. The van der Waals surface area contributed by atoms with Crippen LogP contribution >= 0.6 is 0 Å². The summed E-state index contributed by atoms with van der Waals surface area (Å²) in [6, 6.07) is 8.25. The van der Waals surface area contributed by atoms with Crippen molar-refractivity contribution < 1.29 is 9.53 Å². The first-order valence-corrected chi connectivity index (χ1v) is 9.01. The van der Waals surface area contributed by atoms with Crippen molar-refractivity contribution in [1.29, 1.82) is 0 Å². The lowest BCUT2D eigenvalue weighted by molar-refractivity contribution is 0.0383. The Labute approximate surface area is 139 Å². The van der Waals surface area contributed by atoms with Crippen LogP contribution in [0.3, 0.4) is 0 Å². The van der Waals surface area contributed by atoms with Crippen molar-refractivity contribution in [2.24, 2.45) is 0 Å². The van der Waals surface area contributed by atoms with Crippen LogP contribution in [0.25, 0.3) is 0 Å². The fourth-order valence-electron chi connectivity index (χ4n) is 3.60. The molecule has 1 N–H and O–H groups in total. The molecule has 1 aromatic rings. The zero-order valence-corrected chi connectivity index (χ0v) is 13.9. The molecule has 1 saturated heterocycles. The van der Waals surface area contributed by atoms with Gasteiger partial charge in [-0.3, -0.25) is 9.69 Å². The number of benzene rings is 1. The van der Waals surface area contributed by atoms with E-state index in [0.717, 1.165) is 38.4 Å². The lowest BCUT2D eigenvalue weighted by Crippen LogP contribution is -2.41. The van der Waals surface area contributed by atoms with Crippen LogP contribution < -0.4 is 5.32 Å². The number of carbonyl (C=O) groups excluding carboxylic acids is 1. The summed E-state index contributed by atoms with van der Waals surface area (Å²) in [5, 5.41) is 3.02. The van der Waals surface area contributed by atoms with Crippen molar-refractivity contribution in [3.8, 4) is 0 Å². The van der Waals surface area contributed by atoms with Crippen LogP contribution in [-0.2, 0) is 4.74 Å². The van der Waals surface area contributed by atoms with Crippen LogP contribution in [-0.4, -0.2) is 50.2 Å². The van der Waals surface area contributed by atoms with Crippen molar-refractivity contribution >= 4 is 5.91 Å². The molecular formula is C19H28N2O2. The van der Waals surface area contributed by atoms with E-state index >= 15 is 0 Å². The molecule has 0 aromatic heterocycles. The lowest BCUT2D eigenvalue weighted by Gasteiger charge is -2.26. The van der Waals surface area contributed by atoms with Crippen LogP contribution in [0.2, 0.25) is 0 Å². The third kappa shape index (κ3) is 4.79. The molecule has 4 heteroatoms. The van der Waals surface area contributed by atoms with Gasteiger partial charge >= 0.3 is 0 Å². The number of ether oxygens (including phenoxy) is 1. The van der Waals surface area contributed by atoms with Gasteiger partial charge in [-0.1, -0.05) is 31.4 Å². The number of hydrogen-bond donors (Lipinski definition) is 1. The van der Waals surface area contributed by atoms with Crippen molar-refractivity contribution in [3.05, 3.63) is 35.4 Å². The molecule has 1 aromatic carbocycles. The molecule has 2 aliphatic rings. The molecule has 126 valence electrons. The Morgan fingerprint density at radius 1 is 1.09 bits per heavy atom. The van der Waals surface area contributed by atoms with Crippen LogP contribution in [0.5, 0.6) is 0 Å². The molecule has 2 fully saturated rings. The quantitative estimate of drug-likeness (QED) is 0.908. The van der Waals surface area contributed by atoms with Crippen LogP contribution in [0, 0.1) is 0 Å². The largest absolute Gasteiger partial charge is 0.379 e. The number of nitrogens with zero attached hydrogens (tertiary/aromatic N) is 1. The second-order valence-electron chi connectivity index (χ2n) is 6.67. The Kier molecular flexibility index (Phi) is 6.06.